The number of nitrogens with one attached hydrogen (secondary N) is 2. The molecule has 4 aromatic heterocycles. The third-order valence-electron chi connectivity index (χ3n) is 4.62. The van der Waals surface area contributed by atoms with Gasteiger partial charge in [-0.2, -0.15) is 0 Å². The molecule has 4 aromatic rings. The van der Waals surface area contributed by atoms with Gasteiger partial charge in [-0.1, -0.05) is 18.0 Å². The lowest BCUT2D eigenvalue weighted by molar-refractivity contribution is 0.400. The molecule has 9 nitrogen and oxygen atoms in total. The number of anilines is 3. The van der Waals surface area contributed by atoms with Gasteiger partial charge in [-0.25, -0.2) is 19.9 Å². The largest absolute Gasteiger partial charge is 0.480 e. The summed E-state index contributed by atoms with van der Waals surface area (Å²) in [4.78, 5) is 17.6. The predicted octanol–water partition coefficient (Wildman–Crippen LogP) is 3.64. The zero-order chi connectivity index (χ0) is 21.1. The van der Waals surface area contributed by atoms with E-state index >= 15 is 0 Å². The molecule has 0 radical (unpaired) electrons. The number of aromatic nitrogens is 5. The summed E-state index contributed by atoms with van der Waals surface area (Å²) in [5.74, 6) is 1.36. The fourth-order valence-electron chi connectivity index (χ4n) is 3.06. The monoisotopic (exact) mass is 422 g/mol. The van der Waals surface area contributed by atoms with Crippen molar-refractivity contribution < 1.29 is 4.74 Å². The van der Waals surface area contributed by atoms with Crippen LogP contribution in [0.2, 0.25) is 0 Å². The lowest BCUT2D eigenvalue weighted by atomic mass is 10.1. The fourth-order valence-corrected chi connectivity index (χ4v) is 3.43. The second kappa shape index (κ2) is 8.46. The molecule has 0 bridgehead atoms. The Morgan fingerprint density at radius 1 is 1.20 bits per heavy atom. The summed E-state index contributed by atoms with van der Waals surface area (Å²) in [5.41, 5.74) is 10.3. The van der Waals surface area contributed by atoms with Gasteiger partial charge in [-0.15, -0.1) is 0 Å². The highest BCUT2D eigenvalue weighted by Crippen LogP contribution is 2.30. The van der Waals surface area contributed by atoms with E-state index in [4.69, 9.17) is 10.5 Å². The second-order valence-electron chi connectivity index (χ2n) is 6.60. The number of rotatable bonds is 7. The summed E-state index contributed by atoms with van der Waals surface area (Å²) in [5, 5.41) is 3.36. The van der Waals surface area contributed by atoms with Crippen LogP contribution >= 0.6 is 11.9 Å². The van der Waals surface area contributed by atoms with Gasteiger partial charge in [0.05, 0.1) is 25.0 Å². The number of methoxy groups -OCH3 is 1. The number of ether oxygens (including phenoxy) is 1. The van der Waals surface area contributed by atoms with E-state index in [1.54, 1.807) is 25.7 Å². The van der Waals surface area contributed by atoms with E-state index in [-0.39, 0.29) is 6.04 Å². The van der Waals surface area contributed by atoms with E-state index in [0.717, 1.165) is 22.5 Å². The molecule has 0 spiro atoms. The molecule has 0 fully saturated rings. The first-order chi connectivity index (χ1) is 14.6. The van der Waals surface area contributed by atoms with Crippen LogP contribution in [0.3, 0.4) is 0 Å². The zero-order valence-corrected chi connectivity index (χ0v) is 17.6. The van der Waals surface area contributed by atoms with Crippen LogP contribution in [0.25, 0.3) is 16.9 Å². The maximum absolute atomic E-state index is 6.09. The van der Waals surface area contributed by atoms with Gasteiger partial charge in [-0.05, 0) is 24.6 Å². The molecule has 0 amide bonds. The van der Waals surface area contributed by atoms with Crippen molar-refractivity contribution in [2.75, 3.05) is 29.1 Å². The highest BCUT2D eigenvalue weighted by Gasteiger charge is 2.14. The predicted molar refractivity (Wildman–Crippen MR) is 121 cm³/mol. The van der Waals surface area contributed by atoms with Gasteiger partial charge in [0, 0.05) is 36.6 Å². The van der Waals surface area contributed by atoms with Crippen molar-refractivity contribution in [1.82, 2.24) is 24.3 Å². The Labute approximate surface area is 178 Å². The number of pyridine rings is 2. The smallest absolute Gasteiger partial charge is 0.237 e. The Bertz CT molecular complexity index is 1180. The Balaban J connectivity index is 1.62. The highest BCUT2D eigenvalue weighted by atomic mass is 32.2. The number of imidazole rings is 1. The molecule has 0 saturated heterocycles. The van der Waals surface area contributed by atoms with Crippen molar-refractivity contribution in [2.24, 2.45) is 0 Å². The molecule has 10 heteroatoms. The number of fused-ring (bicyclic) bond motifs is 1. The Morgan fingerprint density at radius 2 is 2.07 bits per heavy atom. The summed E-state index contributed by atoms with van der Waals surface area (Å²) in [6.07, 6.45) is 11.0. The van der Waals surface area contributed by atoms with E-state index in [1.165, 1.54) is 11.9 Å². The normalized spacial score (nSPS) is 12.0. The average molecular weight is 423 g/mol. The van der Waals surface area contributed by atoms with E-state index in [9.17, 15) is 0 Å². The average Bonchev–Trinajstić information content (AvgIpc) is 3.23. The molecule has 4 rings (SSSR count). The SMILES string of the molecule is COc1ncc(-c2cnc(N)c(NC(C)c3ccc4nccn4c3)n2)cc1NSC. The Morgan fingerprint density at radius 3 is 2.87 bits per heavy atom. The molecule has 0 aliphatic heterocycles. The number of hydrogen-bond donors (Lipinski definition) is 3. The van der Waals surface area contributed by atoms with Crippen LogP contribution in [0, 0.1) is 0 Å². The molecule has 0 aliphatic carbocycles. The number of nitrogen functional groups attached to an aromatic ring is 1. The van der Waals surface area contributed by atoms with Crippen LogP contribution in [0.4, 0.5) is 17.3 Å². The van der Waals surface area contributed by atoms with Crippen LogP contribution in [0.1, 0.15) is 18.5 Å². The lowest BCUT2D eigenvalue weighted by Gasteiger charge is -2.17. The number of hydrogen-bond acceptors (Lipinski definition) is 9. The molecule has 4 N–H and O–H groups in total. The van der Waals surface area contributed by atoms with Crippen molar-refractivity contribution in [2.45, 2.75) is 13.0 Å². The standard InChI is InChI=1S/C20H22N8OS/c1-12(13-4-5-17-22-6-7-28(17)11-13)25-19-18(21)23-10-16(26-19)14-8-15(27-30-3)20(29-2)24-9-14/h4-12,27H,1-3H3,(H2,21,23)(H,25,26). The van der Waals surface area contributed by atoms with Gasteiger partial charge in [0.1, 0.15) is 11.3 Å². The maximum atomic E-state index is 6.09. The van der Waals surface area contributed by atoms with Gasteiger partial charge in [0.15, 0.2) is 11.6 Å². The first-order valence-corrected chi connectivity index (χ1v) is 10.5. The third-order valence-corrected chi connectivity index (χ3v) is 5.04. The summed E-state index contributed by atoms with van der Waals surface area (Å²) in [6, 6.07) is 5.89. The van der Waals surface area contributed by atoms with Crippen molar-refractivity contribution in [1.29, 1.82) is 0 Å². The molecule has 1 unspecified atom stereocenters. The molecule has 0 aromatic carbocycles. The van der Waals surface area contributed by atoms with Crippen molar-refractivity contribution in [3.8, 4) is 17.1 Å². The molecular formula is C20H22N8OS. The quantitative estimate of drug-likeness (QED) is 0.384. The minimum Gasteiger partial charge on any atom is -0.480 e. The van der Waals surface area contributed by atoms with Crippen molar-refractivity contribution >= 4 is 34.9 Å². The molecule has 30 heavy (non-hydrogen) atoms. The van der Waals surface area contributed by atoms with Crippen molar-refractivity contribution in [3.63, 3.8) is 0 Å². The Kier molecular flexibility index (Phi) is 5.57. The first-order valence-electron chi connectivity index (χ1n) is 9.24. The van der Waals surface area contributed by atoms with Gasteiger partial charge in [0.2, 0.25) is 5.88 Å². The number of nitrogens with zero attached hydrogens (tertiary/aromatic N) is 5. The maximum Gasteiger partial charge on any atom is 0.237 e. The summed E-state index contributed by atoms with van der Waals surface area (Å²) in [7, 11) is 1.58. The molecule has 1 atom stereocenters. The lowest BCUT2D eigenvalue weighted by Crippen LogP contribution is -2.12. The van der Waals surface area contributed by atoms with Gasteiger partial charge < -0.3 is 24.9 Å². The van der Waals surface area contributed by atoms with Gasteiger partial charge in [-0.3, -0.25) is 0 Å². The summed E-state index contributed by atoms with van der Waals surface area (Å²) in [6.45, 7) is 2.04. The molecule has 0 saturated carbocycles. The molecule has 154 valence electrons. The topological polar surface area (TPSA) is 115 Å². The third kappa shape index (κ3) is 3.94. The summed E-state index contributed by atoms with van der Waals surface area (Å²) < 4.78 is 10.4. The minimum absolute atomic E-state index is 0.0358. The summed E-state index contributed by atoms with van der Waals surface area (Å²) >= 11 is 1.46. The van der Waals surface area contributed by atoms with Crippen molar-refractivity contribution in [3.05, 3.63) is 54.7 Å². The molecule has 0 aliphatic rings. The molecular weight excluding hydrogens is 400 g/mol. The molecule has 4 heterocycles. The van der Waals surface area contributed by atoms with E-state index in [2.05, 4.69) is 30.0 Å². The van der Waals surface area contributed by atoms with Crippen LogP contribution in [-0.2, 0) is 0 Å². The van der Waals surface area contributed by atoms with E-state index in [0.29, 0.717) is 23.2 Å². The first kappa shape index (κ1) is 19.8. The van der Waals surface area contributed by atoms with E-state index in [1.807, 2.05) is 48.2 Å². The highest BCUT2D eigenvalue weighted by molar-refractivity contribution is 7.99. The van der Waals surface area contributed by atoms with Crippen LogP contribution < -0.4 is 20.5 Å². The van der Waals surface area contributed by atoms with Crippen LogP contribution in [0.5, 0.6) is 5.88 Å². The van der Waals surface area contributed by atoms with Crippen LogP contribution in [0.15, 0.2) is 49.2 Å². The van der Waals surface area contributed by atoms with E-state index < -0.39 is 0 Å². The van der Waals surface area contributed by atoms with Gasteiger partial charge >= 0.3 is 0 Å². The second-order valence-corrected chi connectivity index (χ2v) is 7.21. The fraction of sp³-hybridized carbons (Fsp3) is 0.200. The van der Waals surface area contributed by atoms with Crippen LogP contribution in [-0.4, -0.2) is 37.7 Å². The van der Waals surface area contributed by atoms with Gasteiger partial charge in [0.25, 0.3) is 0 Å². The number of nitrogens with two attached hydrogens (primary N) is 1. The minimum atomic E-state index is -0.0358. The Hall–Kier alpha value is -3.53. The zero-order valence-electron chi connectivity index (χ0n) is 16.8.